The molecule has 0 aliphatic carbocycles. The lowest BCUT2D eigenvalue weighted by molar-refractivity contribution is -0.385. The van der Waals surface area contributed by atoms with Gasteiger partial charge in [0.05, 0.1) is 11.3 Å². The van der Waals surface area contributed by atoms with E-state index in [0.29, 0.717) is 28.6 Å². The Morgan fingerprint density at radius 1 is 1.10 bits per heavy atom. The minimum Gasteiger partial charge on any atom is -0.354 e. The van der Waals surface area contributed by atoms with E-state index in [4.69, 9.17) is 23.2 Å². The fraction of sp³-hybridized carbons (Fsp3) is 0.364. The second kappa shape index (κ2) is 11.7. The molecule has 0 spiro atoms. The maximum atomic E-state index is 13.3. The van der Waals surface area contributed by atoms with Crippen LogP contribution < -0.4 is 5.32 Å². The smallest absolute Gasteiger partial charge is 0.273 e. The predicted molar refractivity (Wildman–Crippen MR) is 121 cm³/mol. The molecule has 0 aromatic heterocycles. The summed E-state index contributed by atoms with van der Waals surface area (Å²) in [5.74, 6) is -0.716. The van der Waals surface area contributed by atoms with Gasteiger partial charge in [-0.05, 0) is 25.0 Å². The van der Waals surface area contributed by atoms with Crippen molar-refractivity contribution in [2.75, 3.05) is 6.54 Å². The fourth-order valence-electron chi connectivity index (χ4n) is 3.24. The zero-order chi connectivity index (χ0) is 23.0. The van der Waals surface area contributed by atoms with Crippen LogP contribution in [0.1, 0.15) is 37.8 Å². The molecule has 2 aromatic carbocycles. The molecule has 1 N–H and O–H groups in total. The lowest BCUT2D eigenvalue weighted by Crippen LogP contribution is -2.49. The molecule has 2 amide bonds. The first-order valence-corrected chi connectivity index (χ1v) is 10.8. The first-order valence-electron chi connectivity index (χ1n) is 10.0. The molecule has 9 heteroatoms. The Hall–Kier alpha value is -2.64. The van der Waals surface area contributed by atoms with Crippen LogP contribution in [-0.4, -0.2) is 34.2 Å². The van der Waals surface area contributed by atoms with Crippen LogP contribution in [0.15, 0.2) is 42.5 Å². The molecule has 1 atom stereocenters. The van der Waals surface area contributed by atoms with E-state index in [0.717, 1.165) is 6.42 Å². The average molecular weight is 466 g/mol. The Morgan fingerprint density at radius 3 is 2.32 bits per heavy atom. The van der Waals surface area contributed by atoms with Gasteiger partial charge in [-0.25, -0.2) is 0 Å². The third-order valence-corrected chi connectivity index (χ3v) is 5.56. The summed E-state index contributed by atoms with van der Waals surface area (Å²) in [6, 6.07) is 10.3. The number of carbonyl (C=O) groups excluding carboxylic acids is 2. The molecule has 0 unspecified atom stereocenters. The molecule has 166 valence electrons. The summed E-state index contributed by atoms with van der Waals surface area (Å²) in [5, 5.41) is 14.9. The normalized spacial score (nSPS) is 11.6. The van der Waals surface area contributed by atoms with Crippen molar-refractivity contribution >= 4 is 40.7 Å². The maximum Gasteiger partial charge on any atom is 0.273 e. The molecule has 7 nitrogen and oxygen atoms in total. The molecule has 0 bridgehead atoms. The van der Waals surface area contributed by atoms with Crippen molar-refractivity contribution in [2.24, 2.45) is 0 Å². The zero-order valence-electron chi connectivity index (χ0n) is 17.4. The highest BCUT2D eigenvalue weighted by molar-refractivity contribution is 6.36. The van der Waals surface area contributed by atoms with Gasteiger partial charge < -0.3 is 10.2 Å². The first-order chi connectivity index (χ1) is 14.8. The van der Waals surface area contributed by atoms with Crippen molar-refractivity contribution in [1.29, 1.82) is 0 Å². The second-order valence-electron chi connectivity index (χ2n) is 7.00. The number of hydrogen-bond donors (Lipinski definition) is 1. The summed E-state index contributed by atoms with van der Waals surface area (Å²) in [6.07, 6.45) is 0.889. The number of rotatable bonds is 10. The van der Waals surface area contributed by atoms with Crippen LogP contribution in [0.5, 0.6) is 0 Å². The molecule has 0 aliphatic rings. The number of nitro groups is 1. The summed E-state index contributed by atoms with van der Waals surface area (Å²) in [4.78, 5) is 38.3. The number of nitrogens with zero attached hydrogens (tertiary/aromatic N) is 2. The van der Waals surface area contributed by atoms with E-state index in [1.165, 1.54) is 17.0 Å². The van der Waals surface area contributed by atoms with Gasteiger partial charge in [0, 0.05) is 40.3 Å². The van der Waals surface area contributed by atoms with Crippen LogP contribution in [0, 0.1) is 10.1 Å². The third kappa shape index (κ3) is 6.42. The van der Waals surface area contributed by atoms with E-state index in [1.54, 1.807) is 37.3 Å². The lowest BCUT2D eigenvalue weighted by Gasteiger charge is -2.31. The molecular weight excluding hydrogens is 441 g/mol. The number of nitro benzene ring substituents is 1. The van der Waals surface area contributed by atoms with E-state index >= 15 is 0 Å². The van der Waals surface area contributed by atoms with Crippen LogP contribution in [0.4, 0.5) is 5.69 Å². The maximum absolute atomic E-state index is 13.3. The van der Waals surface area contributed by atoms with E-state index in [9.17, 15) is 19.7 Å². The number of amides is 2. The van der Waals surface area contributed by atoms with Crippen molar-refractivity contribution in [2.45, 2.75) is 45.7 Å². The zero-order valence-corrected chi connectivity index (χ0v) is 18.9. The van der Waals surface area contributed by atoms with Gasteiger partial charge in [0.1, 0.15) is 6.04 Å². The van der Waals surface area contributed by atoms with Crippen molar-refractivity contribution in [3.63, 3.8) is 0 Å². The van der Waals surface area contributed by atoms with E-state index in [2.05, 4.69) is 5.32 Å². The van der Waals surface area contributed by atoms with Gasteiger partial charge in [-0.15, -0.1) is 0 Å². The summed E-state index contributed by atoms with van der Waals surface area (Å²) < 4.78 is 0. The van der Waals surface area contributed by atoms with Gasteiger partial charge >= 0.3 is 0 Å². The molecule has 0 aliphatic heterocycles. The SMILES string of the molecule is CCCNC(=O)[C@H](CC)N(Cc1c(Cl)cccc1Cl)C(=O)Cc1ccccc1[N+](=O)[O-]. The highest BCUT2D eigenvalue weighted by atomic mass is 35.5. The Morgan fingerprint density at radius 2 is 1.74 bits per heavy atom. The molecule has 31 heavy (non-hydrogen) atoms. The van der Waals surface area contributed by atoms with Crippen LogP contribution in [0.2, 0.25) is 10.0 Å². The van der Waals surface area contributed by atoms with E-state index in [1.807, 2.05) is 6.92 Å². The molecule has 2 rings (SSSR count). The minimum absolute atomic E-state index is 0.00994. The summed E-state index contributed by atoms with van der Waals surface area (Å²) >= 11 is 12.6. The van der Waals surface area contributed by atoms with Gasteiger partial charge in [0.2, 0.25) is 11.8 Å². The van der Waals surface area contributed by atoms with Gasteiger partial charge in [-0.2, -0.15) is 0 Å². The number of nitrogens with one attached hydrogen (secondary N) is 1. The highest BCUT2D eigenvalue weighted by Crippen LogP contribution is 2.28. The second-order valence-corrected chi connectivity index (χ2v) is 7.81. The summed E-state index contributed by atoms with van der Waals surface area (Å²) in [5.41, 5.74) is 0.648. The quantitative estimate of drug-likeness (QED) is 0.403. The number of hydrogen-bond acceptors (Lipinski definition) is 4. The van der Waals surface area contributed by atoms with E-state index in [-0.39, 0.29) is 30.1 Å². The van der Waals surface area contributed by atoms with Crippen LogP contribution >= 0.6 is 23.2 Å². The summed E-state index contributed by atoms with van der Waals surface area (Å²) in [7, 11) is 0. The number of benzene rings is 2. The largest absolute Gasteiger partial charge is 0.354 e. The van der Waals surface area contributed by atoms with Crippen molar-refractivity contribution in [3.05, 3.63) is 73.8 Å². The number of para-hydroxylation sites is 1. The fourth-order valence-corrected chi connectivity index (χ4v) is 3.76. The van der Waals surface area contributed by atoms with Gasteiger partial charge in [0.15, 0.2) is 0 Å². The van der Waals surface area contributed by atoms with Crippen molar-refractivity contribution in [1.82, 2.24) is 10.2 Å². The lowest BCUT2D eigenvalue weighted by atomic mass is 10.1. The molecule has 0 saturated heterocycles. The molecule has 0 radical (unpaired) electrons. The molecule has 2 aromatic rings. The topological polar surface area (TPSA) is 92.6 Å². The minimum atomic E-state index is -0.769. The Bertz CT molecular complexity index is 932. The van der Waals surface area contributed by atoms with Crippen LogP contribution in [-0.2, 0) is 22.6 Å². The van der Waals surface area contributed by atoms with Gasteiger partial charge in [0.25, 0.3) is 5.69 Å². The molecule has 0 fully saturated rings. The van der Waals surface area contributed by atoms with Crippen molar-refractivity contribution in [3.8, 4) is 0 Å². The predicted octanol–water partition coefficient (Wildman–Crippen LogP) is 4.78. The number of carbonyl (C=O) groups is 2. The molecule has 0 heterocycles. The third-order valence-electron chi connectivity index (χ3n) is 4.86. The number of halogens is 2. The van der Waals surface area contributed by atoms with Gasteiger partial charge in [-0.1, -0.05) is 61.3 Å². The van der Waals surface area contributed by atoms with Crippen LogP contribution in [0.25, 0.3) is 0 Å². The summed E-state index contributed by atoms with van der Waals surface area (Å²) in [6.45, 7) is 4.22. The standard InChI is InChI=1S/C22H25Cl2N3O4/c1-3-12-25-22(29)19(4-2)26(14-16-17(23)9-7-10-18(16)24)21(28)13-15-8-5-6-11-20(15)27(30)31/h5-11,19H,3-4,12-14H2,1-2H3,(H,25,29)/t19-/m0/s1. The van der Waals surface area contributed by atoms with Crippen LogP contribution in [0.3, 0.4) is 0 Å². The van der Waals surface area contributed by atoms with E-state index < -0.39 is 16.9 Å². The van der Waals surface area contributed by atoms with Crippen molar-refractivity contribution < 1.29 is 14.5 Å². The average Bonchev–Trinajstić information content (AvgIpc) is 2.74. The molecular formula is C22H25Cl2N3O4. The Labute approximate surface area is 191 Å². The highest BCUT2D eigenvalue weighted by Gasteiger charge is 2.30. The first kappa shape index (κ1) is 24.6. The van der Waals surface area contributed by atoms with Gasteiger partial charge in [-0.3, -0.25) is 19.7 Å². The molecule has 0 saturated carbocycles. The monoisotopic (exact) mass is 465 g/mol. The Balaban J connectivity index is 2.42. The Kier molecular flexibility index (Phi) is 9.27.